The highest BCUT2D eigenvalue weighted by atomic mass is 16.7. The van der Waals surface area contributed by atoms with Crippen LogP contribution in [0.3, 0.4) is 0 Å². The Balaban J connectivity index is 2.30. The van der Waals surface area contributed by atoms with Crippen molar-refractivity contribution in [2.24, 2.45) is 0 Å². The summed E-state index contributed by atoms with van der Waals surface area (Å²) in [5.74, 6) is -2.43. The SMILES string of the molecule is CCCCCCCC/C=C\CCCCCCCCCCCC(=O)OCC(COC1OC(C(=O)O)C(O)C(O)C1O)OC(=O)CCCCCCCCCCCCCCCCCC. The summed E-state index contributed by atoms with van der Waals surface area (Å²) in [5.41, 5.74) is 0. The first-order valence-electron chi connectivity index (χ1n) is 25.2. The highest BCUT2D eigenvalue weighted by Gasteiger charge is 2.47. The summed E-state index contributed by atoms with van der Waals surface area (Å²) in [6.45, 7) is 3.84. The van der Waals surface area contributed by atoms with Crippen LogP contribution in [-0.2, 0) is 33.3 Å². The van der Waals surface area contributed by atoms with Crippen LogP contribution in [0.5, 0.6) is 0 Å². The van der Waals surface area contributed by atoms with E-state index in [1.54, 1.807) is 0 Å². The molecule has 11 nitrogen and oxygen atoms in total. The Kier molecular flexibility index (Phi) is 38.0. The molecule has 0 radical (unpaired) electrons. The molecule has 1 fully saturated rings. The molecule has 61 heavy (non-hydrogen) atoms. The minimum Gasteiger partial charge on any atom is -0.479 e. The Morgan fingerprint density at radius 3 is 1.28 bits per heavy atom. The summed E-state index contributed by atoms with van der Waals surface area (Å²) in [4.78, 5) is 36.9. The van der Waals surface area contributed by atoms with Gasteiger partial charge < -0.3 is 39.4 Å². The molecular weight excluding hydrogens is 777 g/mol. The minimum absolute atomic E-state index is 0.189. The molecule has 0 saturated carbocycles. The van der Waals surface area contributed by atoms with Crippen LogP contribution in [0.25, 0.3) is 0 Å². The smallest absolute Gasteiger partial charge is 0.335 e. The number of carboxylic acid groups (broad SMARTS) is 1. The minimum atomic E-state index is -1.86. The second kappa shape index (κ2) is 40.7. The van der Waals surface area contributed by atoms with Gasteiger partial charge in [-0.05, 0) is 38.5 Å². The van der Waals surface area contributed by atoms with Gasteiger partial charge in [0.15, 0.2) is 18.5 Å². The first-order chi connectivity index (χ1) is 29.7. The molecule has 0 spiro atoms. The maximum Gasteiger partial charge on any atom is 0.335 e. The Labute approximate surface area is 371 Å². The van der Waals surface area contributed by atoms with Gasteiger partial charge in [-0.15, -0.1) is 0 Å². The number of unbranched alkanes of at least 4 members (excludes halogenated alkanes) is 30. The lowest BCUT2D eigenvalue weighted by Crippen LogP contribution is -2.60. The van der Waals surface area contributed by atoms with Gasteiger partial charge in [-0.3, -0.25) is 9.59 Å². The fourth-order valence-corrected chi connectivity index (χ4v) is 7.88. The molecule has 0 aromatic heterocycles. The van der Waals surface area contributed by atoms with Crippen LogP contribution < -0.4 is 0 Å². The monoisotopic (exact) mass is 869 g/mol. The second-order valence-electron chi connectivity index (χ2n) is 17.7. The normalized spacial score (nSPS) is 19.7. The van der Waals surface area contributed by atoms with Gasteiger partial charge in [0.05, 0.1) is 6.61 Å². The van der Waals surface area contributed by atoms with E-state index in [2.05, 4.69) is 26.0 Å². The van der Waals surface area contributed by atoms with Crippen molar-refractivity contribution in [2.75, 3.05) is 13.2 Å². The van der Waals surface area contributed by atoms with Gasteiger partial charge in [-0.2, -0.15) is 0 Å². The molecule has 6 unspecified atom stereocenters. The molecule has 1 aliphatic heterocycles. The third-order valence-electron chi connectivity index (χ3n) is 11.9. The van der Waals surface area contributed by atoms with Crippen LogP contribution in [0.15, 0.2) is 12.2 Å². The Bertz CT molecular complexity index is 1070. The number of rotatable bonds is 43. The van der Waals surface area contributed by atoms with E-state index in [-0.39, 0.29) is 26.1 Å². The number of carboxylic acids is 1. The third-order valence-corrected chi connectivity index (χ3v) is 11.9. The Morgan fingerprint density at radius 1 is 0.492 bits per heavy atom. The van der Waals surface area contributed by atoms with Crippen LogP contribution in [-0.4, -0.2) is 88.4 Å². The third kappa shape index (κ3) is 32.3. The zero-order valence-corrected chi connectivity index (χ0v) is 38.9. The molecular formula is C50H92O11. The first kappa shape index (κ1) is 57.0. The summed E-state index contributed by atoms with van der Waals surface area (Å²) in [5, 5.41) is 39.9. The van der Waals surface area contributed by atoms with Crippen LogP contribution in [0, 0.1) is 0 Å². The van der Waals surface area contributed by atoms with E-state index in [1.807, 2.05) is 0 Å². The second-order valence-corrected chi connectivity index (χ2v) is 17.7. The van der Waals surface area contributed by atoms with Gasteiger partial charge in [-0.25, -0.2) is 4.79 Å². The van der Waals surface area contributed by atoms with Crippen molar-refractivity contribution < 1.29 is 53.8 Å². The lowest BCUT2D eigenvalue weighted by Gasteiger charge is -2.38. The van der Waals surface area contributed by atoms with Crippen molar-refractivity contribution >= 4 is 17.9 Å². The van der Waals surface area contributed by atoms with E-state index in [4.69, 9.17) is 18.9 Å². The predicted molar refractivity (Wildman–Crippen MR) is 243 cm³/mol. The molecule has 11 heteroatoms. The molecule has 1 heterocycles. The molecule has 0 aliphatic carbocycles. The average molecular weight is 869 g/mol. The molecule has 0 aromatic carbocycles. The summed E-state index contributed by atoms with van der Waals surface area (Å²) in [6.07, 6.45) is 35.4. The van der Waals surface area contributed by atoms with Gasteiger partial charge in [-0.1, -0.05) is 199 Å². The van der Waals surface area contributed by atoms with Crippen LogP contribution in [0.1, 0.15) is 239 Å². The molecule has 358 valence electrons. The maximum atomic E-state index is 12.8. The van der Waals surface area contributed by atoms with Crippen LogP contribution >= 0.6 is 0 Å². The van der Waals surface area contributed by atoms with Gasteiger partial charge in [0, 0.05) is 12.8 Å². The summed E-state index contributed by atoms with van der Waals surface area (Å²) < 4.78 is 21.8. The molecule has 4 N–H and O–H groups in total. The predicted octanol–water partition coefficient (Wildman–Crippen LogP) is 11.6. The van der Waals surface area contributed by atoms with E-state index >= 15 is 0 Å². The van der Waals surface area contributed by atoms with Crippen molar-refractivity contribution in [2.45, 2.75) is 275 Å². The summed E-state index contributed by atoms with van der Waals surface area (Å²) >= 11 is 0. The number of ether oxygens (including phenoxy) is 4. The number of hydrogen-bond donors (Lipinski definition) is 4. The highest BCUT2D eigenvalue weighted by molar-refractivity contribution is 5.73. The van der Waals surface area contributed by atoms with Crippen molar-refractivity contribution in [1.82, 2.24) is 0 Å². The Hall–Kier alpha value is -2.05. The molecule has 0 amide bonds. The van der Waals surface area contributed by atoms with Crippen molar-refractivity contribution in [1.29, 1.82) is 0 Å². The lowest BCUT2D eigenvalue weighted by atomic mass is 9.99. The number of aliphatic hydroxyl groups excluding tert-OH is 3. The zero-order chi connectivity index (χ0) is 44.6. The van der Waals surface area contributed by atoms with Crippen LogP contribution in [0.4, 0.5) is 0 Å². The quantitative estimate of drug-likeness (QED) is 0.0261. The van der Waals surface area contributed by atoms with E-state index < -0.39 is 54.7 Å². The molecule has 1 saturated heterocycles. The zero-order valence-electron chi connectivity index (χ0n) is 38.9. The van der Waals surface area contributed by atoms with Gasteiger partial charge in [0.1, 0.15) is 24.9 Å². The highest BCUT2D eigenvalue weighted by Crippen LogP contribution is 2.23. The maximum absolute atomic E-state index is 12.8. The molecule has 1 aliphatic rings. The first-order valence-corrected chi connectivity index (χ1v) is 25.2. The molecule has 1 rings (SSSR count). The lowest BCUT2D eigenvalue weighted by molar-refractivity contribution is -0.298. The Morgan fingerprint density at radius 2 is 0.869 bits per heavy atom. The summed E-state index contributed by atoms with van der Waals surface area (Å²) in [7, 11) is 0. The van der Waals surface area contributed by atoms with E-state index in [0.717, 1.165) is 38.5 Å². The number of esters is 2. The standard InChI is InChI=1S/C50H92O11/c1-3-5-7-9-11-13-15-17-19-21-22-23-25-26-28-30-32-34-36-38-43(51)58-40-42(41-59-50-47(55)45(53)46(54)48(61-50)49(56)57)60-44(52)39-37-35-33-31-29-27-24-20-18-16-14-12-10-8-6-4-2/h17,19,42,45-48,50,53-55H,3-16,18,20-41H2,1-2H3,(H,56,57)/b19-17-. The van der Waals surface area contributed by atoms with E-state index in [0.29, 0.717) is 12.8 Å². The topological polar surface area (TPSA) is 169 Å². The van der Waals surface area contributed by atoms with Crippen molar-refractivity contribution in [3.63, 3.8) is 0 Å². The van der Waals surface area contributed by atoms with Gasteiger partial charge in [0.2, 0.25) is 0 Å². The van der Waals surface area contributed by atoms with Crippen molar-refractivity contribution in [3.05, 3.63) is 12.2 Å². The van der Waals surface area contributed by atoms with Gasteiger partial charge >= 0.3 is 17.9 Å². The number of carbonyl (C=O) groups excluding carboxylic acids is 2. The number of aliphatic hydroxyl groups is 3. The van der Waals surface area contributed by atoms with Crippen LogP contribution in [0.2, 0.25) is 0 Å². The average Bonchev–Trinajstić information content (AvgIpc) is 3.24. The van der Waals surface area contributed by atoms with E-state index in [9.17, 15) is 34.8 Å². The molecule has 0 aromatic rings. The molecule has 0 bridgehead atoms. The number of hydrogen-bond acceptors (Lipinski definition) is 10. The number of allylic oxidation sites excluding steroid dienone is 2. The molecule has 6 atom stereocenters. The van der Waals surface area contributed by atoms with Crippen molar-refractivity contribution in [3.8, 4) is 0 Å². The fourth-order valence-electron chi connectivity index (χ4n) is 7.88. The van der Waals surface area contributed by atoms with E-state index in [1.165, 1.54) is 161 Å². The summed E-state index contributed by atoms with van der Waals surface area (Å²) in [6, 6.07) is 0. The number of carbonyl (C=O) groups is 3. The number of aliphatic carboxylic acids is 1. The fraction of sp³-hybridized carbons (Fsp3) is 0.900. The van der Waals surface area contributed by atoms with Gasteiger partial charge in [0.25, 0.3) is 0 Å². The largest absolute Gasteiger partial charge is 0.479 e.